The average Bonchev–Trinajstić information content (AvgIpc) is 2.73. The number of benzene rings is 3. The standard InChI is InChI=1S/C24H17Cl3FNO2/c1-2-30-23-11-15(9-17(13-29)19-8-7-18(25)12-20(19)26)10-21(27)24(23)31-14-16-5-3-4-6-22(16)28/h3-12H,2,14H2,1H3/b17-9+. The summed E-state index contributed by atoms with van der Waals surface area (Å²) in [5.41, 5.74) is 1.89. The second-order valence-electron chi connectivity index (χ2n) is 6.44. The maximum Gasteiger partial charge on any atom is 0.180 e. The van der Waals surface area contributed by atoms with Gasteiger partial charge in [0, 0.05) is 16.1 Å². The predicted molar refractivity (Wildman–Crippen MR) is 123 cm³/mol. The van der Waals surface area contributed by atoms with Crippen molar-refractivity contribution in [3.63, 3.8) is 0 Å². The van der Waals surface area contributed by atoms with Crippen molar-refractivity contribution < 1.29 is 13.9 Å². The number of ether oxygens (including phenoxy) is 2. The predicted octanol–water partition coefficient (Wildman–Crippen LogP) is 7.83. The lowest BCUT2D eigenvalue weighted by Gasteiger charge is -2.15. The van der Waals surface area contributed by atoms with Crippen LogP contribution in [-0.2, 0) is 6.61 Å². The highest BCUT2D eigenvalue weighted by Crippen LogP contribution is 2.38. The lowest BCUT2D eigenvalue weighted by molar-refractivity contribution is 0.266. The number of hydrogen-bond acceptors (Lipinski definition) is 3. The van der Waals surface area contributed by atoms with Crippen LogP contribution in [0.2, 0.25) is 15.1 Å². The van der Waals surface area contributed by atoms with Gasteiger partial charge >= 0.3 is 0 Å². The van der Waals surface area contributed by atoms with E-state index in [0.29, 0.717) is 50.4 Å². The number of rotatable bonds is 7. The second-order valence-corrected chi connectivity index (χ2v) is 7.69. The van der Waals surface area contributed by atoms with Gasteiger partial charge in [-0.05, 0) is 48.9 Å². The molecule has 0 heterocycles. The van der Waals surface area contributed by atoms with Crippen LogP contribution in [0.5, 0.6) is 11.5 Å². The van der Waals surface area contributed by atoms with Gasteiger partial charge in [-0.2, -0.15) is 5.26 Å². The van der Waals surface area contributed by atoms with Crippen LogP contribution < -0.4 is 9.47 Å². The molecule has 158 valence electrons. The molecule has 0 aliphatic rings. The maximum atomic E-state index is 13.9. The molecule has 0 atom stereocenters. The number of halogens is 4. The number of hydrogen-bond donors (Lipinski definition) is 0. The summed E-state index contributed by atoms with van der Waals surface area (Å²) >= 11 is 18.6. The van der Waals surface area contributed by atoms with Crippen molar-refractivity contribution in [2.24, 2.45) is 0 Å². The average molecular weight is 477 g/mol. The van der Waals surface area contributed by atoms with Gasteiger partial charge in [0.05, 0.1) is 28.3 Å². The fourth-order valence-electron chi connectivity index (χ4n) is 2.88. The van der Waals surface area contributed by atoms with E-state index in [4.69, 9.17) is 44.3 Å². The fourth-order valence-corrected chi connectivity index (χ4v) is 3.67. The zero-order valence-corrected chi connectivity index (χ0v) is 18.7. The van der Waals surface area contributed by atoms with Gasteiger partial charge in [-0.1, -0.05) is 59.1 Å². The van der Waals surface area contributed by atoms with E-state index in [1.54, 1.807) is 54.6 Å². The van der Waals surface area contributed by atoms with Crippen molar-refractivity contribution in [3.05, 3.63) is 92.2 Å². The highest BCUT2D eigenvalue weighted by atomic mass is 35.5. The molecule has 0 bridgehead atoms. The molecule has 0 N–H and O–H groups in total. The lowest BCUT2D eigenvalue weighted by atomic mass is 10.0. The van der Waals surface area contributed by atoms with Gasteiger partial charge in [0.2, 0.25) is 0 Å². The molecule has 7 heteroatoms. The molecule has 3 rings (SSSR count). The first kappa shape index (κ1) is 23.0. The van der Waals surface area contributed by atoms with Crippen LogP contribution >= 0.6 is 34.8 Å². The molecule has 0 spiro atoms. The van der Waals surface area contributed by atoms with Crippen LogP contribution in [0.15, 0.2) is 54.6 Å². The van der Waals surface area contributed by atoms with E-state index in [-0.39, 0.29) is 17.4 Å². The summed E-state index contributed by atoms with van der Waals surface area (Å²) in [5.74, 6) is 0.318. The van der Waals surface area contributed by atoms with Gasteiger partial charge in [-0.3, -0.25) is 0 Å². The van der Waals surface area contributed by atoms with Crippen molar-refractivity contribution in [1.29, 1.82) is 5.26 Å². The van der Waals surface area contributed by atoms with E-state index in [2.05, 4.69) is 6.07 Å². The Hall–Kier alpha value is -2.71. The molecular weight excluding hydrogens is 460 g/mol. The zero-order chi connectivity index (χ0) is 22.4. The summed E-state index contributed by atoms with van der Waals surface area (Å²) in [4.78, 5) is 0. The van der Waals surface area contributed by atoms with Crippen LogP contribution in [0.3, 0.4) is 0 Å². The summed E-state index contributed by atoms with van der Waals surface area (Å²) < 4.78 is 25.4. The minimum absolute atomic E-state index is 0.00845. The molecular formula is C24H17Cl3FNO2. The summed E-state index contributed by atoms with van der Waals surface area (Å²) in [5, 5.41) is 10.7. The molecule has 3 nitrogen and oxygen atoms in total. The minimum atomic E-state index is -0.366. The third-order valence-electron chi connectivity index (χ3n) is 4.31. The number of allylic oxidation sites excluding steroid dienone is 1. The molecule has 0 aliphatic heterocycles. The quantitative estimate of drug-likeness (QED) is 0.258. The van der Waals surface area contributed by atoms with Gasteiger partial charge in [0.15, 0.2) is 11.5 Å². The monoisotopic (exact) mass is 475 g/mol. The molecule has 0 saturated heterocycles. The van der Waals surface area contributed by atoms with E-state index < -0.39 is 0 Å². The van der Waals surface area contributed by atoms with Crippen molar-refractivity contribution in [3.8, 4) is 17.6 Å². The van der Waals surface area contributed by atoms with E-state index in [9.17, 15) is 9.65 Å². The molecule has 0 unspecified atom stereocenters. The van der Waals surface area contributed by atoms with E-state index >= 15 is 0 Å². The molecule has 0 fully saturated rings. The van der Waals surface area contributed by atoms with Crippen LogP contribution in [0.1, 0.15) is 23.6 Å². The number of nitrogens with zero attached hydrogens (tertiary/aromatic N) is 1. The molecule has 0 radical (unpaired) electrons. The zero-order valence-electron chi connectivity index (χ0n) is 16.5. The Morgan fingerprint density at radius 3 is 2.48 bits per heavy atom. The Balaban J connectivity index is 1.96. The van der Waals surface area contributed by atoms with E-state index in [0.717, 1.165) is 0 Å². The Kier molecular flexibility index (Phi) is 7.81. The van der Waals surface area contributed by atoms with Gasteiger partial charge in [0.1, 0.15) is 12.4 Å². The first-order valence-corrected chi connectivity index (χ1v) is 10.5. The number of nitriles is 1. The van der Waals surface area contributed by atoms with Crippen molar-refractivity contribution in [2.75, 3.05) is 6.61 Å². The largest absolute Gasteiger partial charge is 0.490 e. The lowest BCUT2D eigenvalue weighted by Crippen LogP contribution is -2.02. The topological polar surface area (TPSA) is 42.2 Å². The van der Waals surface area contributed by atoms with Gasteiger partial charge in [-0.25, -0.2) is 4.39 Å². The third-order valence-corrected chi connectivity index (χ3v) is 5.14. The Bertz CT molecular complexity index is 1170. The highest BCUT2D eigenvalue weighted by Gasteiger charge is 2.15. The van der Waals surface area contributed by atoms with Gasteiger partial charge < -0.3 is 9.47 Å². The normalized spacial score (nSPS) is 11.2. The minimum Gasteiger partial charge on any atom is -0.490 e. The second kappa shape index (κ2) is 10.5. The fraction of sp³-hybridized carbons (Fsp3) is 0.125. The van der Waals surface area contributed by atoms with E-state index in [1.807, 2.05) is 6.92 Å². The van der Waals surface area contributed by atoms with E-state index in [1.165, 1.54) is 6.07 Å². The van der Waals surface area contributed by atoms with Crippen LogP contribution in [0, 0.1) is 17.1 Å². The van der Waals surface area contributed by atoms with Gasteiger partial charge in [0.25, 0.3) is 0 Å². The summed E-state index contributed by atoms with van der Waals surface area (Å²) in [7, 11) is 0. The summed E-state index contributed by atoms with van der Waals surface area (Å²) in [6.07, 6.45) is 1.64. The first-order valence-electron chi connectivity index (χ1n) is 9.32. The summed E-state index contributed by atoms with van der Waals surface area (Å²) in [6.45, 7) is 2.18. The van der Waals surface area contributed by atoms with Crippen LogP contribution in [0.4, 0.5) is 4.39 Å². The molecule has 0 aliphatic carbocycles. The van der Waals surface area contributed by atoms with Crippen molar-refractivity contribution in [1.82, 2.24) is 0 Å². The SMILES string of the molecule is CCOc1cc(/C=C(\C#N)c2ccc(Cl)cc2Cl)cc(Cl)c1OCc1ccccc1F. The summed E-state index contributed by atoms with van der Waals surface area (Å²) in [6, 6.07) is 16.7. The van der Waals surface area contributed by atoms with Crippen molar-refractivity contribution in [2.45, 2.75) is 13.5 Å². The third kappa shape index (κ3) is 5.71. The highest BCUT2D eigenvalue weighted by molar-refractivity contribution is 6.36. The smallest absolute Gasteiger partial charge is 0.180 e. The molecule has 0 aromatic heterocycles. The molecule has 3 aromatic rings. The maximum absolute atomic E-state index is 13.9. The molecule has 0 amide bonds. The van der Waals surface area contributed by atoms with Crippen LogP contribution in [0.25, 0.3) is 11.6 Å². The van der Waals surface area contributed by atoms with Gasteiger partial charge in [-0.15, -0.1) is 0 Å². The first-order chi connectivity index (χ1) is 14.9. The van der Waals surface area contributed by atoms with Crippen molar-refractivity contribution >= 4 is 46.5 Å². The Morgan fingerprint density at radius 2 is 1.81 bits per heavy atom. The van der Waals surface area contributed by atoms with Crippen LogP contribution in [-0.4, -0.2) is 6.61 Å². The Labute approximate surface area is 195 Å². The Morgan fingerprint density at radius 1 is 1.03 bits per heavy atom. The molecule has 0 saturated carbocycles. The molecule has 3 aromatic carbocycles. The molecule has 31 heavy (non-hydrogen) atoms.